The number of carbonyl (C=O) groups is 11. The van der Waals surface area contributed by atoms with E-state index in [-0.39, 0.29) is 68.1 Å². The molecule has 87 heavy (non-hydrogen) atoms. The molecule has 1 fully saturated rings. The Bertz CT molecular complexity index is 2380. The second-order valence-electron chi connectivity index (χ2n) is 26.8. The molecule has 0 saturated carbocycles. The largest absolute Gasteiger partial charge is 0.391 e. The Hall–Kier alpha value is -6.17. The van der Waals surface area contributed by atoms with E-state index in [0.29, 0.717) is 0 Å². The van der Waals surface area contributed by atoms with Crippen LogP contribution in [0.5, 0.6) is 0 Å². The molecule has 24 nitrogen and oxygen atoms in total. The van der Waals surface area contributed by atoms with Gasteiger partial charge in [0.25, 0.3) is 0 Å². The number of carbonyl (C=O) groups excluding carboxylic acids is 11. The summed E-state index contributed by atoms with van der Waals surface area (Å²) in [6.07, 6.45) is 1.17. The Morgan fingerprint density at radius 3 is 1.16 bits per heavy atom. The van der Waals surface area contributed by atoms with Gasteiger partial charge >= 0.3 is 0 Å². The molecule has 498 valence electrons. The zero-order valence-corrected chi connectivity index (χ0v) is 57.0. The molecular weight excluding hydrogens is 1120 g/mol. The highest BCUT2D eigenvalue weighted by Gasteiger charge is 2.46. The van der Waals surface area contributed by atoms with E-state index in [1.807, 2.05) is 69.2 Å². The van der Waals surface area contributed by atoms with E-state index < -0.39 is 155 Å². The van der Waals surface area contributed by atoms with Gasteiger partial charge in [0.2, 0.25) is 65.0 Å². The number of likely N-dealkylation sites (N-methyl/N-ethyl adjacent to an activating group) is 6. The van der Waals surface area contributed by atoms with E-state index in [0.717, 1.165) is 9.80 Å². The third kappa shape index (κ3) is 22.7. The van der Waals surface area contributed by atoms with Gasteiger partial charge in [-0.2, -0.15) is 0 Å². The van der Waals surface area contributed by atoms with Crippen LogP contribution in [0.1, 0.15) is 163 Å². The molecule has 0 aromatic heterocycles. The monoisotopic (exact) mass is 1230 g/mol. The summed E-state index contributed by atoms with van der Waals surface area (Å²) < 4.78 is 0. The van der Waals surface area contributed by atoms with Crippen LogP contribution in [0, 0.1) is 41.4 Å². The Morgan fingerprint density at radius 1 is 0.402 bits per heavy atom. The van der Waals surface area contributed by atoms with Crippen LogP contribution in [0.4, 0.5) is 0 Å². The fraction of sp³-hybridized carbons (Fsp3) is 0.794. The number of hydrogen-bond acceptors (Lipinski definition) is 13. The minimum absolute atomic E-state index is 0.0931. The molecule has 0 radical (unpaired) electrons. The van der Waals surface area contributed by atoms with Gasteiger partial charge in [-0.1, -0.05) is 102 Å². The zero-order valence-electron chi connectivity index (χ0n) is 57.0. The Kier molecular flexibility index (Phi) is 32.4. The molecular formula is C63H113N11O13. The van der Waals surface area contributed by atoms with Crippen molar-refractivity contribution < 1.29 is 63.0 Å². The molecule has 14 atom stereocenters. The summed E-state index contributed by atoms with van der Waals surface area (Å²) >= 11 is 0. The minimum Gasteiger partial charge on any atom is -0.391 e. The molecule has 0 aromatic carbocycles. The van der Waals surface area contributed by atoms with Gasteiger partial charge in [-0.15, -0.1) is 0 Å². The number of allylic oxidation sites excluding steroid dienone is 2. The minimum atomic E-state index is -1.76. The van der Waals surface area contributed by atoms with Crippen LogP contribution in [0.25, 0.3) is 0 Å². The Morgan fingerprint density at radius 2 is 0.770 bits per heavy atom. The summed E-state index contributed by atoms with van der Waals surface area (Å²) in [5.41, 5.74) is 0. The molecule has 1 rings (SSSR count). The summed E-state index contributed by atoms with van der Waals surface area (Å²) in [6, 6.07) is -14.6. The Labute approximate surface area is 519 Å². The van der Waals surface area contributed by atoms with Crippen molar-refractivity contribution in [1.29, 1.82) is 0 Å². The molecule has 0 bridgehead atoms. The van der Waals surface area contributed by atoms with E-state index in [9.17, 15) is 58.2 Å². The lowest BCUT2D eigenvalue weighted by atomic mass is 9.91. The highest BCUT2D eigenvalue weighted by atomic mass is 16.3. The predicted molar refractivity (Wildman–Crippen MR) is 334 cm³/mol. The number of aliphatic hydroxyl groups excluding tert-OH is 2. The smallest absolute Gasteiger partial charge is 0.248 e. The van der Waals surface area contributed by atoms with Crippen molar-refractivity contribution in [3.63, 3.8) is 0 Å². The lowest BCUT2D eigenvalue weighted by Crippen LogP contribution is -2.65. The van der Waals surface area contributed by atoms with Gasteiger partial charge in [-0.25, -0.2) is 0 Å². The fourth-order valence-electron chi connectivity index (χ4n) is 10.9. The van der Waals surface area contributed by atoms with Gasteiger partial charge < -0.3 is 66.2 Å². The number of amides is 11. The maximum Gasteiger partial charge on any atom is 0.248 e. The third-order valence-corrected chi connectivity index (χ3v) is 16.2. The van der Waals surface area contributed by atoms with Gasteiger partial charge in [-0.3, -0.25) is 52.7 Å². The van der Waals surface area contributed by atoms with Crippen LogP contribution in [0.3, 0.4) is 0 Å². The number of aliphatic hydroxyl groups is 2. The van der Waals surface area contributed by atoms with Crippen molar-refractivity contribution in [3.05, 3.63) is 12.2 Å². The van der Waals surface area contributed by atoms with Crippen LogP contribution in [0.15, 0.2) is 12.2 Å². The van der Waals surface area contributed by atoms with Crippen molar-refractivity contribution in [2.75, 3.05) is 42.3 Å². The number of nitrogens with one attached hydrogen (secondary N) is 5. The maximum absolute atomic E-state index is 15.1. The molecule has 1 heterocycles. The first kappa shape index (κ1) is 78.8. The van der Waals surface area contributed by atoms with Gasteiger partial charge in [0, 0.05) is 42.3 Å². The highest BCUT2D eigenvalue weighted by Crippen LogP contribution is 2.24. The molecule has 11 amide bonds. The second-order valence-corrected chi connectivity index (χ2v) is 26.8. The number of hydrogen-bond donors (Lipinski definition) is 7. The van der Waals surface area contributed by atoms with Crippen molar-refractivity contribution in [2.45, 2.75) is 242 Å². The standard InChI is InChI=1S/C63H113N11O13/c1-25-26-27-39(14)52(76)51-57(81)68-49(43(18)75)62(86)69(19)42(17)59(83)71(21)48(32-37(10)11)56(80)66-44(28-33(2)3)60(84)72(22)46(30-35(6)7)54(78)64-40(15)53(77)65-41(16)58(82)70(20)47(31-36(8)9)55(79)67-45(29-34(4)5)61(85)73(23)50(38(12)13)63(87)74(51)24/h25-26,33-52,75-76H,27-32H2,1-24H3,(H,64,78)(H,65,77)(H,66,80)(H,67,79)(H,68,81)/t39-,40+,41-,42-,43-,44+,45+,46+,47+,48+,49+,50+,51+,52-/m1/s1. The number of nitrogens with zero attached hydrogens (tertiary/aromatic N) is 6. The summed E-state index contributed by atoms with van der Waals surface area (Å²) in [4.78, 5) is 167. The van der Waals surface area contributed by atoms with Gasteiger partial charge in [0.1, 0.15) is 66.5 Å². The lowest BCUT2D eigenvalue weighted by molar-refractivity contribution is -0.155. The van der Waals surface area contributed by atoms with Gasteiger partial charge in [-0.05, 0) is 115 Å². The second kappa shape index (κ2) is 35.7. The molecule has 24 heteroatoms. The van der Waals surface area contributed by atoms with Gasteiger partial charge in [0.05, 0.1) is 12.2 Å². The summed E-state index contributed by atoms with van der Waals surface area (Å²) in [6.45, 7) is 30.8. The SMILES string of the molecule is CC=CC[C@@H](C)[C@@H](O)[C@H]1C(=O)N[C@@H]([C@@H](C)O)C(=O)N(C)[C@H](C)C(=O)N(C)[C@@H](CC(C)C)C(=O)N[C@@H](CC(C)C)C(=O)N(C)[C@@H](CC(C)C)C(=O)N[C@@H](C)C(=O)N[C@H](C)C(=O)N(C)[C@@H](CC(C)C)C(=O)N[C@@H](CC(C)C)C(=O)N(C)[C@@H](C(C)C)C(=O)N1C. The van der Waals surface area contributed by atoms with Crippen molar-refractivity contribution in [3.8, 4) is 0 Å². The van der Waals surface area contributed by atoms with E-state index in [4.69, 9.17) is 0 Å². The molecule has 1 aliphatic heterocycles. The molecule has 0 unspecified atom stereocenters. The van der Waals surface area contributed by atoms with Crippen LogP contribution in [-0.4, -0.2) is 226 Å². The highest BCUT2D eigenvalue weighted by molar-refractivity contribution is 6.00. The van der Waals surface area contributed by atoms with Crippen molar-refractivity contribution in [1.82, 2.24) is 56.0 Å². The van der Waals surface area contributed by atoms with Crippen molar-refractivity contribution in [2.24, 2.45) is 41.4 Å². The molecule has 0 aromatic rings. The normalized spacial score (nSPS) is 27.7. The van der Waals surface area contributed by atoms with E-state index in [1.165, 1.54) is 89.6 Å². The summed E-state index contributed by atoms with van der Waals surface area (Å²) in [5, 5.41) is 37.0. The zero-order chi connectivity index (χ0) is 67.6. The average Bonchev–Trinajstić information content (AvgIpc) is 1.35. The molecule has 7 N–H and O–H groups in total. The fourth-order valence-corrected chi connectivity index (χ4v) is 10.9. The third-order valence-electron chi connectivity index (χ3n) is 16.2. The van der Waals surface area contributed by atoms with E-state index in [2.05, 4.69) is 26.6 Å². The summed E-state index contributed by atoms with van der Waals surface area (Å²) in [5.74, 6) is -10.4. The van der Waals surface area contributed by atoms with Gasteiger partial charge in [0.15, 0.2) is 0 Å². The molecule has 0 spiro atoms. The first-order chi connectivity index (χ1) is 40.1. The van der Waals surface area contributed by atoms with Crippen LogP contribution in [0.2, 0.25) is 0 Å². The topological polar surface area (TPSA) is 308 Å². The van der Waals surface area contributed by atoms with E-state index in [1.54, 1.807) is 39.8 Å². The molecule has 1 saturated heterocycles. The van der Waals surface area contributed by atoms with Crippen LogP contribution < -0.4 is 26.6 Å². The van der Waals surface area contributed by atoms with Crippen molar-refractivity contribution >= 4 is 65.0 Å². The van der Waals surface area contributed by atoms with Crippen LogP contribution in [-0.2, 0) is 52.7 Å². The summed E-state index contributed by atoms with van der Waals surface area (Å²) in [7, 11) is 8.18. The maximum atomic E-state index is 15.1. The first-order valence-electron chi connectivity index (χ1n) is 31.2. The molecule has 0 aliphatic carbocycles. The van der Waals surface area contributed by atoms with E-state index >= 15 is 4.79 Å². The van der Waals surface area contributed by atoms with Crippen LogP contribution >= 0.6 is 0 Å². The number of rotatable bonds is 16. The molecule has 1 aliphatic rings. The lowest BCUT2D eigenvalue weighted by Gasteiger charge is -2.40. The average molecular weight is 1230 g/mol. The quantitative estimate of drug-likeness (QED) is 0.110. The predicted octanol–water partition coefficient (Wildman–Crippen LogP) is 2.68. The first-order valence-corrected chi connectivity index (χ1v) is 31.2. The Balaban J connectivity index is 4.39.